The Kier molecular flexibility index (Phi) is 7.34. The van der Waals surface area contributed by atoms with Crippen molar-refractivity contribution in [3.05, 3.63) is 78.4 Å². The highest BCUT2D eigenvalue weighted by atomic mass is 32.2. The SMILES string of the molecule is CCOc1ccc(S(=O)(=O)N[C@@H](Cc2ccccc2)C(=O)Nc2ccc3c(c2)OCCO3)cc1. The van der Waals surface area contributed by atoms with Crippen molar-refractivity contribution in [1.82, 2.24) is 4.72 Å². The number of hydrogen-bond acceptors (Lipinski definition) is 6. The first kappa shape index (κ1) is 23.6. The van der Waals surface area contributed by atoms with Crippen LogP contribution >= 0.6 is 0 Å². The van der Waals surface area contributed by atoms with E-state index in [2.05, 4.69) is 10.0 Å². The largest absolute Gasteiger partial charge is 0.494 e. The van der Waals surface area contributed by atoms with Crippen molar-refractivity contribution >= 4 is 21.6 Å². The highest BCUT2D eigenvalue weighted by molar-refractivity contribution is 7.89. The molecule has 0 fully saturated rings. The average molecular weight is 483 g/mol. The fourth-order valence-electron chi connectivity index (χ4n) is 3.53. The second kappa shape index (κ2) is 10.6. The predicted octanol–water partition coefficient (Wildman–Crippen LogP) is 3.38. The van der Waals surface area contributed by atoms with Crippen LogP contribution < -0.4 is 24.2 Å². The molecular weight excluding hydrogens is 456 g/mol. The Morgan fingerprint density at radius 3 is 2.38 bits per heavy atom. The van der Waals surface area contributed by atoms with E-state index < -0.39 is 22.0 Å². The van der Waals surface area contributed by atoms with Gasteiger partial charge in [0.1, 0.15) is 25.0 Å². The average Bonchev–Trinajstić information content (AvgIpc) is 2.84. The van der Waals surface area contributed by atoms with Gasteiger partial charge in [-0.15, -0.1) is 0 Å². The molecule has 0 radical (unpaired) electrons. The summed E-state index contributed by atoms with van der Waals surface area (Å²) in [6, 6.07) is 19.3. The van der Waals surface area contributed by atoms with Crippen LogP contribution in [0.2, 0.25) is 0 Å². The Balaban J connectivity index is 1.55. The van der Waals surface area contributed by atoms with Crippen molar-refractivity contribution < 1.29 is 27.4 Å². The summed E-state index contributed by atoms with van der Waals surface area (Å²) in [5.74, 6) is 1.20. The van der Waals surface area contributed by atoms with E-state index in [-0.39, 0.29) is 11.3 Å². The van der Waals surface area contributed by atoms with E-state index in [4.69, 9.17) is 14.2 Å². The zero-order valence-corrected chi connectivity index (χ0v) is 19.5. The van der Waals surface area contributed by atoms with Crippen LogP contribution in [0, 0.1) is 0 Å². The molecule has 0 aliphatic carbocycles. The maximum atomic E-state index is 13.2. The van der Waals surface area contributed by atoms with Crippen LogP contribution in [0.1, 0.15) is 12.5 Å². The summed E-state index contributed by atoms with van der Waals surface area (Å²) in [4.78, 5) is 13.2. The lowest BCUT2D eigenvalue weighted by Gasteiger charge is -2.21. The zero-order valence-electron chi connectivity index (χ0n) is 18.7. The molecule has 1 aliphatic rings. The minimum absolute atomic E-state index is 0.0427. The lowest BCUT2D eigenvalue weighted by atomic mass is 10.1. The summed E-state index contributed by atoms with van der Waals surface area (Å²) in [6.45, 7) is 3.21. The molecule has 4 rings (SSSR count). The van der Waals surface area contributed by atoms with Gasteiger partial charge in [-0.05, 0) is 55.3 Å². The number of benzene rings is 3. The number of rotatable bonds is 9. The van der Waals surface area contributed by atoms with Gasteiger partial charge < -0.3 is 19.5 Å². The van der Waals surface area contributed by atoms with E-state index in [1.165, 1.54) is 12.1 Å². The van der Waals surface area contributed by atoms with Gasteiger partial charge in [0.05, 0.1) is 11.5 Å². The first-order valence-electron chi connectivity index (χ1n) is 10.9. The van der Waals surface area contributed by atoms with Crippen molar-refractivity contribution in [2.45, 2.75) is 24.3 Å². The van der Waals surface area contributed by atoms with Gasteiger partial charge in [-0.25, -0.2) is 8.42 Å². The van der Waals surface area contributed by atoms with Crippen LogP contribution in [0.3, 0.4) is 0 Å². The molecule has 3 aromatic carbocycles. The van der Waals surface area contributed by atoms with E-state index in [1.807, 2.05) is 37.3 Å². The van der Waals surface area contributed by atoms with Gasteiger partial charge in [0, 0.05) is 11.8 Å². The number of carbonyl (C=O) groups is 1. The molecule has 0 aromatic heterocycles. The molecule has 1 heterocycles. The van der Waals surface area contributed by atoms with Crippen molar-refractivity contribution in [3.63, 3.8) is 0 Å². The van der Waals surface area contributed by atoms with Crippen molar-refractivity contribution in [3.8, 4) is 17.2 Å². The van der Waals surface area contributed by atoms with Crippen molar-refractivity contribution in [2.24, 2.45) is 0 Å². The first-order chi connectivity index (χ1) is 16.4. The molecule has 178 valence electrons. The Morgan fingerprint density at radius 2 is 1.68 bits per heavy atom. The summed E-state index contributed by atoms with van der Waals surface area (Å²) < 4.78 is 45.2. The first-order valence-corrected chi connectivity index (χ1v) is 12.4. The van der Waals surface area contributed by atoms with Crippen LogP contribution in [0.4, 0.5) is 5.69 Å². The molecule has 2 N–H and O–H groups in total. The van der Waals surface area contributed by atoms with Crippen LogP contribution in [0.25, 0.3) is 0 Å². The third-order valence-corrected chi connectivity index (χ3v) is 6.64. The number of amides is 1. The normalized spacial score (nSPS) is 13.7. The van der Waals surface area contributed by atoms with Gasteiger partial charge >= 0.3 is 0 Å². The van der Waals surface area contributed by atoms with Crippen molar-refractivity contribution in [1.29, 1.82) is 0 Å². The Morgan fingerprint density at radius 1 is 0.971 bits per heavy atom. The molecule has 0 saturated carbocycles. The topological polar surface area (TPSA) is 103 Å². The molecule has 0 spiro atoms. The third-order valence-electron chi connectivity index (χ3n) is 5.15. The molecule has 0 unspecified atom stereocenters. The van der Waals surface area contributed by atoms with Crippen LogP contribution in [0.15, 0.2) is 77.7 Å². The van der Waals surface area contributed by atoms with E-state index in [0.29, 0.717) is 42.8 Å². The minimum Gasteiger partial charge on any atom is -0.494 e. The fourth-order valence-corrected chi connectivity index (χ4v) is 4.72. The van der Waals surface area contributed by atoms with E-state index >= 15 is 0 Å². The zero-order chi connectivity index (χ0) is 24.0. The molecule has 1 atom stereocenters. The van der Waals surface area contributed by atoms with Gasteiger partial charge in [-0.1, -0.05) is 30.3 Å². The molecule has 34 heavy (non-hydrogen) atoms. The minimum atomic E-state index is -3.97. The Bertz CT molecular complexity index is 1230. The van der Waals surface area contributed by atoms with Gasteiger partial charge in [-0.2, -0.15) is 4.72 Å². The van der Waals surface area contributed by atoms with E-state index in [1.54, 1.807) is 30.3 Å². The third kappa shape index (κ3) is 5.86. The number of anilines is 1. The monoisotopic (exact) mass is 482 g/mol. The van der Waals surface area contributed by atoms with Gasteiger partial charge in [0.15, 0.2) is 11.5 Å². The van der Waals surface area contributed by atoms with E-state index in [0.717, 1.165) is 5.56 Å². The lowest BCUT2D eigenvalue weighted by molar-refractivity contribution is -0.117. The number of carbonyl (C=O) groups excluding carboxylic acids is 1. The molecule has 9 heteroatoms. The number of nitrogens with one attached hydrogen (secondary N) is 2. The maximum absolute atomic E-state index is 13.2. The fraction of sp³-hybridized carbons (Fsp3) is 0.240. The second-order valence-electron chi connectivity index (χ2n) is 7.62. The molecule has 0 saturated heterocycles. The summed E-state index contributed by atoms with van der Waals surface area (Å²) in [5.41, 5.74) is 1.30. The highest BCUT2D eigenvalue weighted by Gasteiger charge is 2.27. The van der Waals surface area contributed by atoms with Crippen LogP contribution in [-0.4, -0.2) is 40.2 Å². The summed E-state index contributed by atoms with van der Waals surface area (Å²) >= 11 is 0. The number of fused-ring (bicyclic) bond motifs is 1. The molecule has 3 aromatic rings. The standard InChI is InChI=1S/C25H26N2O6S/c1-2-31-20-9-11-21(12-10-20)34(29,30)27-22(16-18-6-4-3-5-7-18)25(28)26-19-8-13-23-24(17-19)33-15-14-32-23/h3-13,17,22,27H,2,14-16H2,1H3,(H,26,28)/t22-/m0/s1. The Hall–Kier alpha value is -3.56. The Labute approximate surface area is 198 Å². The molecule has 1 amide bonds. The smallest absolute Gasteiger partial charge is 0.242 e. The molecular formula is C25H26N2O6S. The van der Waals surface area contributed by atoms with Gasteiger partial charge in [0.2, 0.25) is 15.9 Å². The number of sulfonamides is 1. The molecule has 1 aliphatic heterocycles. The summed E-state index contributed by atoms with van der Waals surface area (Å²) in [6.07, 6.45) is 0.174. The quantitative estimate of drug-likeness (QED) is 0.485. The van der Waals surface area contributed by atoms with Gasteiger partial charge in [-0.3, -0.25) is 4.79 Å². The van der Waals surface area contributed by atoms with Gasteiger partial charge in [0.25, 0.3) is 0 Å². The summed E-state index contributed by atoms with van der Waals surface area (Å²) in [5, 5.41) is 2.79. The second-order valence-corrected chi connectivity index (χ2v) is 9.33. The highest BCUT2D eigenvalue weighted by Crippen LogP contribution is 2.32. The summed E-state index contributed by atoms with van der Waals surface area (Å²) in [7, 11) is -3.97. The van der Waals surface area contributed by atoms with E-state index in [9.17, 15) is 13.2 Å². The number of ether oxygens (including phenoxy) is 3. The van der Waals surface area contributed by atoms with Crippen molar-refractivity contribution in [2.75, 3.05) is 25.1 Å². The lowest BCUT2D eigenvalue weighted by Crippen LogP contribution is -2.45. The van der Waals surface area contributed by atoms with Crippen LogP contribution in [-0.2, 0) is 21.2 Å². The molecule has 8 nitrogen and oxygen atoms in total. The molecule has 0 bridgehead atoms. The van der Waals surface area contributed by atoms with Crippen LogP contribution in [0.5, 0.6) is 17.2 Å². The number of hydrogen-bond donors (Lipinski definition) is 2. The maximum Gasteiger partial charge on any atom is 0.242 e. The predicted molar refractivity (Wildman–Crippen MR) is 128 cm³/mol.